The predicted molar refractivity (Wildman–Crippen MR) is 86.0 cm³/mol. The summed E-state index contributed by atoms with van der Waals surface area (Å²) in [5.74, 6) is -3.19. The minimum atomic E-state index is -5.22. The molecule has 0 aliphatic carbocycles. The number of ether oxygens (including phenoxy) is 1. The second kappa shape index (κ2) is 7.78. The second-order valence-corrected chi connectivity index (χ2v) is 5.65. The molecule has 1 aromatic carbocycles. The Morgan fingerprint density at radius 3 is 2.48 bits per heavy atom. The van der Waals surface area contributed by atoms with Crippen LogP contribution in [-0.4, -0.2) is 52.8 Å². The van der Waals surface area contributed by atoms with Crippen molar-refractivity contribution in [3.63, 3.8) is 0 Å². The number of alkyl halides is 3. The summed E-state index contributed by atoms with van der Waals surface area (Å²) in [6, 6.07) is 7.70. The number of nitrogens with zero attached hydrogens (tertiary/aromatic N) is 1. The summed E-state index contributed by atoms with van der Waals surface area (Å²) in [6.07, 6.45) is -5.50. The molecule has 0 aromatic heterocycles. The van der Waals surface area contributed by atoms with Crippen LogP contribution in [0.4, 0.5) is 13.2 Å². The van der Waals surface area contributed by atoms with Gasteiger partial charge in [0.15, 0.2) is 0 Å². The van der Waals surface area contributed by atoms with Crippen LogP contribution >= 0.6 is 0 Å². The Kier molecular flexibility index (Phi) is 5.89. The van der Waals surface area contributed by atoms with Gasteiger partial charge in [-0.2, -0.15) is 13.2 Å². The standard InChI is InChI=1S/C17H17F3N2O5/c1-2-27-13(23)10-22-15(25)12(8-9-16(22,26)17(18,19)20)21-14(24)11-6-4-3-5-7-11/h3-8,26H,2,9-10H2,1H3,(H,21,24)/t16-/m0/s1. The van der Waals surface area contributed by atoms with Gasteiger partial charge in [-0.05, 0) is 25.1 Å². The molecule has 2 rings (SSSR count). The first-order valence-electron chi connectivity index (χ1n) is 7.93. The van der Waals surface area contributed by atoms with Gasteiger partial charge in [-0.15, -0.1) is 0 Å². The predicted octanol–water partition coefficient (Wildman–Crippen LogP) is 1.35. The molecule has 2 amide bonds. The molecule has 10 heteroatoms. The van der Waals surface area contributed by atoms with Gasteiger partial charge in [-0.3, -0.25) is 19.3 Å². The van der Waals surface area contributed by atoms with Gasteiger partial charge in [-0.25, -0.2) is 0 Å². The summed E-state index contributed by atoms with van der Waals surface area (Å²) < 4.78 is 44.5. The van der Waals surface area contributed by atoms with E-state index >= 15 is 0 Å². The fourth-order valence-electron chi connectivity index (χ4n) is 2.45. The highest BCUT2D eigenvalue weighted by Crippen LogP contribution is 2.39. The molecule has 1 aliphatic heterocycles. The van der Waals surface area contributed by atoms with E-state index in [4.69, 9.17) is 0 Å². The first-order chi connectivity index (χ1) is 12.6. The monoisotopic (exact) mass is 386 g/mol. The van der Waals surface area contributed by atoms with Crippen molar-refractivity contribution < 1.29 is 37.4 Å². The van der Waals surface area contributed by atoms with Crippen LogP contribution < -0.4 is 5.32 Å². The van der Waals surface area contributed by atoms with Crippen LogP contribution in [0.5, 0.6) is 0 Å². The minimum absolute atomic E-state index is 0.0500. The molecule has 0 saturated heterocycles. The van der Waals surface area contributed by atoms with Crippen molar-refractivity contribution in [1.82, 2.24) is 10.2 Å². The van der Waals surface area contributed by atoms with Crippen LogP contribution in [0.25, 0.3) is 0 Å². The molecule has 1 heterocycles. The van der Waals surface area contributed by atoms with Crippen LogP contribution in [0.3, 0.4) is 0 Å². The molecule has 0 fully saturated rings. The Balaban J connectivity index is 2.30. The Hall–Kier alpha value is -2.88. The normalized spacial score (nSPS) is 20.1. The molecule has 1 atom stereocenters. The maximum absolute atomic E-state index is 13.3. The van der Waals surface area contributed by atoms with Gasteiger partial charge in [0.25, 0.3) is 11.8 Å². The van der Waals surface area contributed by atoms with Crippen LogP contribution in [0.2, 0.25) is 0 Å². The molecule has 0 bridgehead atoms. The van der Waals surface area contributed by atoms with Gasteiger partial charge in [0.05, 0.1) is 6.61 Å². The highest BCUT2D eigenvalue weighted by Gasteiger charge is 2.61. The summed E-state index contributed by atoms with van der Waals surface area (Å²) >= 11 is 0. The van der Waals surface area contributed by atoms with Gasteiger partial charge < -0.3 is 15.2 Å². The van der Waals surface area contributed by atoms with Crippen LogP contribution in [0.15, 0.2) is 42.1 Å². The number of halogens is 3. The van der Waals surface area contributed by atoms with E-state index in [2.05, 4.69) is 10.1 Å². The highest BCUT2D eigenvalue weighted by molar-refractivity contribution is 6.04. The molecule has 2 N–H and O–H groups in total. The third-order valence-corrected chi connectivity index (χ3v) is 3.84. The van der Waals surface area contributed by atoms with Crippen molar-refractivity contribution in [2.45, 2.75) is 25.2 Å². The average molecular weight is 386 g/mol. The molecule has 0 unspecified atom stereocenters. The minimum Gasteiger partial charge on any atom is -0.465 e. The molecule has 146 valence electrons. The Labute approximate surface area is 152 Å². The fourth-order valence-corrected chi connectivity index (χ4v) is 2.45. The summed E-state index contributed by atoms with van der Waals surface area (Å²) in [6.45, 7) is 0.206. The number of nitrogens with one attached hydrogen (secondary N) is 1. The number of hydrogen-bond donors (Lipinski definition) is 2. The zero-order valence-electron chi connectivity index (χ0n) is 14.2. The van der Waals surface area contributed by atoms with E-state index in [1.807, 2.05) is 0 Å². The zero-order valence-corrected chi connectivity index (χ0v) is 14.2. The number of esters is 1. The average Bonchev–Trinajstić information content (AvgIpc) is 2.61. The van der Waals surface area contributed by atoms with E-state index in [0.29, 0.717) is 0 Å². The molecular formula is C17H17F3N2O5. The quantitative estimate of drug-likeness (QED) is 0.745. The van der Waals surface area contributed by atoms with E-state index in [1.165, 1.54) is 19.1 Å². The molecule has 0 saturated carbocycles. The topological polar surface area (TPSA) is 95.9 Å². The first-order valence-corrected chi connectivity index (χ1v) is 7.93. The van der Waals surface area contributed by atoms with Crippen molar-refractivity contribution in [1.29, 1.82) is 0 Å². The Morgan fingerprint density at radius 1 is 1.30 bits per heavy atom. The third kappa shape index (κ3) is 4.27. The molecule has 1 aromatic rings. The van der Waals surface area contributed by atoms with Crippen molar-refractivity contribution >= 4 is 17.8 Å². The summed E-state index contributed by atoms with van der Waals surface area (Å²) in [5, 5.41) is 12.2. The fraction of sp³-hybridized carbons (Fsp3) is 0.353. The molecule has 1 aliphatic rings. The van der Waals surface area contributed by atoms with Crippen LogP contribution in [-0.2, 0) is 14.3 Å². The number of benzene rings is 1. The van der Waals surface area contributed by atoms with Crippen molar-refractivity contribution in [3.8, 4) is 0 Å². The molecule has 27 heavy (non-hydrogen) atoms. The third-order valence-electron chi connectivity index (χ3n) is 3.84. The van der Waals surface area contributed by atoms with Gasteiger partial charge in [0.2, 0.25) is 5.72 Å². The largest absolute Gasteiger partial charge is 0.465 e. The molecular weight excluding hydrogens is 369 g/mol. The lowest BCUT2D eigenvalue weighted by molar-refractivity contribution is -0.309. The second-order valence-electron chi connectivity index (χ2n) is 5.65. The zero-order chi connectivity index (χ0) is 20.2. The van der Waals surface area contributed by atoms with E-state index in [1.54, 1.807) is 18.2 Å². The lowest BCUT2D eigenvalue weighted by Crippen LogP contribution is -2.64. The van der Waals surface area contributed by atoms with Crippen molar-refractivity contribution in [3.05, 3.63) is 47.7 Å². The van der Waals surface area contributed by atoms with Crippen LogP contribution in [0, 0.1) is 0 Å². The summed E-state index contributed by atoms with van der Waals surface area (Å²) in [5.41, 5.74) is -3.88. The summed E-state index contributed by atoms with van der Waals surface area (Å²) in [7, 11) is 0. The van der Waals surface area contributed by atoms with Crippen LogP contribution in [0.1, 0.15) is 23.7 Å². The lowest BCUT2D eigenvalue weighted by Gasteiger charge is -2.42. The number of hydrogen-bond acceptors (Lipinski definition) is 5. The number of rotatable bonds is 5. The maximum atomic E-state index is 13.3. The maximum Gasteiger partial charge on any atom is 0.437 e. The first kappa shape index (κ1) is 20.4. The van der Waals surface area contributed by atoms with Crippen molar-refractivity contribution in [2.75, 3.05) is 13.2 Å². The van der Waals surface area contributed by atoms with Gasteiger partial charge in [0, 0.05) is 12.0 Å². The van der Waals surface area contributed by atoms with Gasteiger partial charge in [-0.1, -0.05) is 18.2 Å². The molecule has 0 radical (unpaired) electrons. The summed E-state index contributed by atoms with van der Waals surface area (Å²) in [4.78, 5) is 36.2. The van der Waals surface area contributed by atoms with Gasteiger partial charge >= 0.3 is 12.1 Å². The lowest BCUT2D eigenvalue weighted by atomic mass is 10.00. The smallest absolute Gasteiger partial charge is 0.437 e. The number of carbonyl (C=O) groups excluding carboxylic acids is 3. The molecule has 7 nitrogen and oxygen atoms in total. The number of carbonyl (C=O) groups is 3. The Morgan fingerprint density at radius 2 is 1.93 bits per heavy atom. The number of amides is 2. The van der Waals surface area contributed by atoms with E-state index < -0.39 is 48.3 Å². The number of aliphatic hydroxyl groups is 1. The Bertz CT molecular complexity index is 764. The van der Waals surface area contributed by atoms with E-state index in [-0.39, 0.29) is 17.1 Å². The van der Waals surface area contributed by atoms with E-state index in [0.717, 1.165) is 6.08 Å². The van der Waals surface area contributed by atoms with Crippen molar-refractivity contribution in [2.24, 2.45) is 0 Å². The SMILES string of the molecule is CCOC(=O)CN1C(=O)C(NC(=O)c2ccccc2)=CC[C@]1(O)C(F)(F)F. The molecule has 0 spiro atoms. The van der Waals surface area contributed by atoms with E-state index in [9.17, 15) is 32.7 Å². The highest BCUT2D eigenvalue weighted by atomic mass is 19.4. The van der Waals surface area contributed by atoms with Gasteiger partial charge in [0.1, 0.15) is 12.2 Å².